The van der Waals surface area contributed by atoms with Crippen molar-refractivity contribution in [2.45, 2.75) is 38.2 Å². The zero-order valence-corrected chi connectivity index (χ0v) is 7.90. The molecule has 2 unspecified atom stereocenters. The molecule has 1 saturated carbocycles. The van der Waals surface area contributed by atoms with Crippen LogP contribution in [0, 0.1) is 6.92 Å². The molecule has 1 aliphatic carbocycles. The summed E-state index contributed by atoms with van der Waals surface area (Å²) in [7, 11) is 0. The molecule has 1 aromatic heterocycles. The minimum absolute atomic E-state index is 0.150. The van der Waals surface area contributed by atoms with Crippen molar-refractivity contribution in [1.82, 2.24) is 4.98 Å². The fourth-order valence-corrected chi connectivity index (χ4v) is 2.19. The van der Waals surface area contributed by atoms with Crippen molar-refractivity contribution in [3.8, 4) is 0 Å². The maximum absolute atomic E-state index is 9.74. The van der Waals surface area contributed by atoms with Crippen LogP contribution in [0.25, 0.3) is 0 Å². The first-order valence-corrected chi connectivity index (χ1v) is 4.88. The second-order valence-electron chi connectivity index (χ2n) is 3.78. The highest BCUT2D eigenvalue weighted by atomic mass is 16.3. The zero-order valence-electron chi connectivity index (χ0n) is 7.90. The van der Waals surface area contributed by atoms with Crippen molar-refractivity contribution in [3.63, 3.8) is 0 Å². The van der Waals surface area contributed by atoms with Crippen LogP contribution in [0.2, 0.25) is 0 Å². The molecule has 1 heterocycles. The fourth-order valence-electron chi connectivity index (χ4n) is 2.19. The minimum Gasteiger partial charge on any atom is -0.392 e. The molecule has 0 amide bonds. The van der Waals surface area contributed by atoms with Gasteiger partial charge < -0.3 is 5.11 Å². The number of aryl methyl sites for hydroxylation is 1. The van der Waals surface area contributed by atoms with E-state index in [-0.39, 0.29) is 6.10 Å². The van der Waals surface area contributed by atoms with Crippen LogP contribution >= 0.6 is 0 Å². The molecular weight excluding hydrogens is 162 g/mol. The van der Waals surface area contributed by atoms with Gasteiger partial charge in [0.15, 0.2) is 0 Å². The van der Waals surface area contributed by atoms with Crippen molar-refractivity contribution in [2.75, 3.05) is 0 Å². The molecule has 0 bridgehead atoms. The summed E-state index contributed by atoms with van der Waals surface area (Å²) < 4.78 is 0. The summed E-state index contributed by atoms with van der Waals surface area (Å²) in [5.41, 5.74) is 2.29. The second-order valence-corrected chi connectivity index (χ2v) is 3.78. The fraction of sp³-hybridized carbons (Fsp3) is 0.545. The van der Waals surface area contributed by atoms with Crippen LogP contribution in [-0.4, -0.2) is 16.2 Å². The summed E-state index contributed by atoms with van der Waals surface area (Å²) in [4.78, 5) is 4.25. The molecule has 1 aromatic rings. The Balaban J connectivity index is 2.29. The summed E-state index contributed by atoms with van der Waals surface area (Å²) in [5.74, 6) is 0.327. The molecule has 13 heavy (non-hydrogen) atoms. The first-order chi connectivity index (χ1) is 6.29. The molecule has 0 aliphatic heterocycles. The van der Waals surface area contributed by atoms with E-state index in [4.69, 9.17) is 0 Å². The highest BCUT2D eigenvalue weighted by Gasteiger charge is 2.27. The maximum Gasteiger partial charge on any atom is 0.0609 e. The van der Waals surface area contributed by atoms with E-state index in [0.717, 1.165) is 25.0 Å². The van der Waals surface area contributed by atoms with E-state index in [0.29, 0.717) is 5.92 Å². The topological polar surface area (TPSA) is 33.1 Å². The monoisotopic (exact) mass is 177 g/mol. The van der Waals surface area contributed by atoms with E-state index in [9.17, 15) is 5.11 Å². The van der Waals surface area contributed by atoms with E-state index in [1.807, 2.05) is 13.0 Å². The van der Waals surface area contributed by atoms with Crippen molar-refractivity contribution >= 4 is 0 Å². The van der Waals surface area contributed by atoms with Crippen LogP contribution in [-0.2, 0) is 0 Å². The van der Waals surface area contributed by atoms with Crippen molar-refractivity contribution < 1.29 is 5.11 Å². The van der Waals surface area contributed by atoms with Crippen molar-refractivity contribution in [3.05, 3.63) is 29.6 Å². The van der Waals surface area contributed by atoms with Gasteiger partial charge in [-0.1, -0.05) is 12.5 Å². The molecule has 2 heteroatoms. The number of pyridine rings is 1. The Morgan fingerprint density at radius 2 is 2.31 bits per heavy atom. The molecule has 1 aliphatic rings. The average Bonchev–Trinajstić information content (AvgIpc) is 2.52. The average molecular weight is 177 g/mol. The number of aliphatic hydroxyl groups is 1. The maximum atomic E-state index is 9.74. The first-order valence-electron chi connectivity index (χ1n) is 4.88. The molecule has 2 atom stereocenters. The van der Waals surface area contributed by atoms with Gasteiger partial charge in [-0.05, 0) is 31.4 Å². The highest BCUT2D eigenvalue weighted by molar-refractivity contribution is 5.25. The Kier molecular flexibility index (Phi) is 2.32. The standard InChI is InChI=1S/C11H15NO/c1-8-9(5-3-7-12-8)10-4-2-6-11(10)13/h3,5,7,10-11,13H,2,4,6H2,1H3. The third-order valence-corrected chi connectivity index (χ3v) is 2.93. The van der Waals surface area contributed by atoms with Gasteiger partial charge in [-0.3, -0.25) is 4.98 Å². The smallest absolute Gasteiger partial charge is 0.0609 e. The molecule has 0 spiro atoms. The number of aromatic nitrogens is 1. The SMILES string of the molecule is Cc1ncccc1C1CCCC1O. The summed E-state index contributed by atoms with van der Waals surface area (Å²) in [5, 5.41) is 9.74. The number of hydrogen-bond acceptors (Lipinski definition) is 2. The Hall–Kier alpha value is -0.890. The van der Waals surface area contributed by atoms with E-state index in [1.54, 1.807) is 6.20 Å². The van der Waals surface area contributed by atoms with Crippen LogP contribution < -0.4 is 0 Å². The molecular formula is C11H15NO. The quantitative estimate of drug-likeness (QED) is 0.712. The first kappa shape index (κ1) is 8.70. The lowest BCUT2D eigenvalue weighted by Gasteiger charge is -2.16. The zero-order chi connectivity index (χ0) is 9.26. The van der Waals surface area contributed by atoms with Crippen LogP contribution in [0.1, 0.15) is 36.4 Å². The molecule has 70 valence electrons. The highest BCUT2D eigenvalue weighted by Crippen LogP contribution is 2.35. The van der Waals surface area contributed by atoms with Gasteiger partial charge in [0.1, 0.15) is 0 Å². The molecule has 1 fully saturated rings. The lowest BCUT2D eigenvalue weighted by Crippen LogP contribution is -2.12. The van der Waals surface area contributed by atoms with Crippen LogP contribution in [0.5, 0.6) is 0 Å². The van der Waals surface area contributed by atoms with E-state index in [1.165, 1.54) is 5.56 Å². The summed E-state index contributed by atoms with van der Waals surface area (Å²) in [6.45, 7) is 2.01. The van der Waals surface area contributed by atoms with Crippen LogP contribution in [0.3, 0.4) is 0 Å². The lowest BCUT2D eigenvalue weighted by molar-refractivity contribution is 0.163. The lowest BCUT2D eigenvalue weighted by atomic mass is 9.95. The van der Waals surface area contributed by atoms with Gasteiger partial charge in [0, 0.05) is 17.8 Å². The summed E-state index contributed by atoms with van der Waals surface area (Å²) in [6.07, 6.45) is 4.84. The van der Waals surface area contributed by atoms with Gasteiger partial charge in [0.25, 0.3) is 0 Å². The third kappa shape index (κ3) is 1.59. The van der Waals surface area contributed by atoms with Crippen molar-refractivity contribution in [1.29, 1.82) is 0 Å². The van der Waals surface area contributed by atoms with Gasteiger partial charge >= 0.3 is 0 Å². The summed E-state index contributed by atoms with van der Waals surface area (Å²) in [6, 6.07) is 4.04. The molecule has 0 aromatic carbocycles. The Morgan fingerprint density at radius 1 is 1.46 bits per heavy atom. The van der Waals surface area contributed by atoms with Crippen LogP contribution in [0.15, 0.2) is 18.3 Å². The van der Waals surface area contributed by atoms with Gasteiger partial charge in [0.05, 0.1) is 6.10 Å². The molecule has 2 nitrogen and oxygen atoms in total. The number of nitrogens with zero attached hydrogens (tertiary/aromatic N) is 1. The van der Waals surface area contributed by atoms with Crippen molar-refractivity contribution in [2.24, 2.45) is 0 Å². The summed E-state index contributed by atoms with van der Waals surface area (Å²) >= 11 is 0. The van der Waals surface area contributed by atoms with E-state index >= 15 is 0 Å². The Bertz CT molecular complexity index is 298. The van der Waals surface area contributed by atoms with Gasteiger partial charge in [-0.25, -0.2) is 0 Å². The largest absolute Gasteiger partial charge is 0.392 e. The predicted molar refractivity (Wildman–Crippen MR) is 51.6 cm³/mol. The van der Waals surface area contributed by atoms with Gasteiger partial charge in [-0.2, -0.15) is 0 Å². The Labute approximate surface area is 78.6 Å². The second kappa shape index (κ2) is 3.46. The number of rotatable bonds is 1. The molecule has 1 N–H and O–H groups in total. The minimum atomic E-state index is -0.150. The number of hydrogen-bond donors (Lipinski definition) is 1. The molecule has 0 saturated heterocycles. The molecule has 2 rings (SSSR count). The third-order valence-electron chi connectivity index (χ3n) is 2.93. The van der Waals surface area contributed by atoms with Crippen LogP contribution in [0.4, 0.5) is 0 Å². The Morgan fingerprint density at radius 3 is 2.92 bits per heavy atom. The van der Waals surface area contributed by atoms with Gasteiger partial charge in [-0.15, -0.1) is 0 Å². The predicted octanol–water partition coefficient (Wildman–Crippen LogP) is 2.02. The molecule has 0 radical (unpaired) electrons. The number of aliphatic hydroxyl groups excluding tert-OH is 1. The van der Waals surface area contributed by atoms with E-state index < -0.39 is 0 Å². The normalized spacial score (nSPS) is 27.8. The van der Waals surface area contributed by atoms with E-state index in [2.05, 4.69) is 11.1 Å². The van der Waals surface area contributed by atoms with Gasteiger partial charge in [0.2, 0.25) is 0 Å².